The molecule has 2 nitrogen and oxygen atoms in total. The molecule has 4 bridgehead atoms. The highest BCUT2D eigenvalue weighted by Gasteiger charge is 2.52. The molecule has 0 aromatic carbocycles. The van der Waals surface area contributed by atoms with E-state index in [9.17, 15) is 0 Å². The average molecular weight is 222 g/mol. The Bertz CT molecular complexity index is 247. The fourth-order valence-corrected chi connectivity index (χ4v) is 5.50. The minimum absolute atomic E-state index is 0.117. The Hall–Kier alpha value is -0.0800. The van der Waals surface area contributed by atoms with Gasteiger partial charge >= 0.3 is 0 Å². The zero-order valence-electron chi connectivity index (χ0n) is 10.8. The molecule has 0 atom stereocenters. The second-order valence-electron chi connectivity index (χ2n) is 7.62. The molecule has 0 unspecified atom stereocenters. The van der Waals surface area contributed by atoms with E-state index in [0.717, 1.165) is 17.8 Å². The Morgan fingerprint density at radius 3 is 1.88 bits per heavy atom. The minimum Gasteiger partial charge on any atom is -0.271 e. The van der Waals surface area contributed by atoms with Gasteiger partial charge in [0.15, 0.2) is 0 Å². The van der Waals surface area contributed by atoms with Crippen LogP contribution in [-0.4, -0.2) is 5.54 Å². The molecule has 0 spiro atoms. The van der Waals surface area contributed by atoms with E-state index in [4.69, 9.17) is 5.84 Å². The Balaban J connectivity index is 1.78. The van der Waals surface area contributed by atoms with Gasteiger partial charge in [0.05, 0.1) is 0 Å². The number of hydrogen-bond acceptors (Lipinski definition) is 2. The Labute approximate surface area is 99.3 Å². The summed E-state index contributed by atoms with van der Waals surface area (Å²) in [5, 5.41) is 0. The Kier molecular flexibility index (Phi) is 2.38. The zero-order valence-corrected chi connectivity index (χ0v) is 10.8. The van der Waals surface area contributed by atoms with Crippen molar-refractivity contribution in [1.82, 2.24) is 5.43 Å². The summed E-state index contributed by atoms with van der Waals surface area (Å²) in [6, 6.07) is 0. The summed E-state index contributed by atoms with van der Waals surface area (Å²) < 4.78 is 0. The Morgan fingerprint density at radius 1 is 1.06 bits per heavy atom. The molecule has 0 saturated heterocycles. The predicted molar refractivity (Wildman–Crippen MR) is 66.6 cm³/mol. The van der Waals surface area contributed by atoms with E-state index in [-0.39, 0.29) is 5.54 Å². The molecule has 4 saturated carbocycles. The van der Waals surface area contributed by atoms with Gasteiger partial charge in [-0.2, -0.15) is 0 Å². The second-order valence-corrected chi connectivity index (χ2v) is 7.62. The van der Waals surface area contributed by atoms with Crippen LogP contribution in [0.15, 0.2) is 0 Å². The van der Waals surface area contributed by atoms with Crippen LogP contribution in [0.5, 0.6) is 0 Å². The Morgan fingerprint density at radius 2 is 1.50 bits per heavy atom. The molecule has 0 aromatic heterocycles. The SMILES string of the molecule is CC(C)(CC12CC3CC(CC(C3)C1)C2)NN. The van der Waals surface area contributed by atoms with Crippen LogP contribution in [0.1, 0.15) is 58.8 Å². The zero-order chi connectivity index (χ0) is 11.4. The normalized spacial score (nSPS) is 46.3. The molecular formula is C14H26N2. The molecule has 3 N–H and O–H groups in total. The maximum absolute atomic E-state index is 5.69. The summed E-state index contributed by atoms with van der Waals surface area (Å²) >= 11 is 0. The van der Waals surface area contributed by atoms with Crippen LogP contribution in [-0.2, 0) is 0 Å². The molecule has 4 aliphatic carbocycles. The van der Waals surface area contributed by atoms with Gasteiger partial charge in [-0.1, -0.05) is 0 Å². The van der Waals surface area contributed by atoms with Crippen molar-refractivity contribution in [3.8, 4) is 0 Å². The van der Waals surface area contributed by atoms with Crippen molar-refractivity contribution >= 4 is 0 Å². The van der Waals surface area contributed by atoms with E-state index in [0.29, 0.717) is 5.41 Å². The van der Waals surface area contributed by atoms with Crippen molar-refractivity contribution < 1.29 is 0 Å². The lowest BCUT2D eigenvalue weighted by Gasteiger charge is -2.58. The molecule has 4 rings (SSSR count). The van der Waals surface area contributed by atoms with Gasteiger partial charge in [0, 0.05) is 5.54 Å². The van der Waals surface area contributed by atoms with E-state index in [2.05, 4.69) is 19.3 Å². The lowest BCUT2D eigenvalue weighted by molar-refractivity contribution is -0.0683. The molecule has 4 fully saturated rings. The standard InChI is InChI=1S/C14H26N2/c1-13(2,16-15)9-14-6-10-3-11(7-14)5-12(4-10)8-14/h10-12,16H,3-9,15H2,1-2H3. The quantitative estimate of drug-likeness (QED) is 0.569. The summed E-state index contributed by atoms with van der Waals surface area (Å²) in [7, 11) is 0. The van der Waals surface area contributed by atoms with Gasteiger partial charge in [0.2, 0.25) is 0 Å². The third-order valence-corrected chi connectivity index (χ3v) is 5.37. The smallest absolute Gasteiger partial charge is 0.0270 e. The molecule has 16 heavy (non-hydrogen) atoms. The van der Waals surface area contributed by atoms with Crippen LogP contribution < -0.4 is 11.3 Å². The van der Waals surface area contributed by atoms with Crippen LogP contribution in [0.25, 0.3) is 0 Å². The number of hydrazine groups is 1. The van der Waals surface area contributed by atoms with Crippen LogP contribution in [0.3, 0.4) is 0 Å². The van der Waals surface area contributed by atoms with Crippen LogP contribution >= 0.6 is 0 Å². The summed E-state index contributed by atoms with van der Waals surface area (Å²) in [5.74, 6) is 8.85. The van der Waals surface area contributed by atoms with Gasteiger partial charge in [-0.25, -0.2) is 0 Å². The van der Waals surface area contributed by atoms with Crippen molar-refractivity contribution in [2.75, 3.05) is 0 Å². The molecular weight excluding hydrogens is 196 g/mol. The molecule has 0 aliphatic heterocycles. The topological polar surface area (TPSA) is 38.0 Å². The lowest BCUT2D eigenvalue weighted by Crippen LogP contribution is -2.53. The first-order chi connectivity index (χ1) is 7.50. The fourth-order valence-electron chi connectivity index (χ4n) is 5.50. The van der Waals surface area contributed by atoms with Crippen molar-refractivity contribution in [3.63, 3.8) is 0 Å². The van der Waals surface area contributed by atoms with Gasteiger partial charge < -0.3 is 0 Å². The summed E-state index contributed by atoms with van der Waals surface area (Å²) in [6.45, 7) is 4.51. The van der Waals surface area contributed by atoms with Gasteiger partial charge in [-0.3, -0.25) is 11.3 Å². The summed E-state index contributed by atoms with van der Waals surface area (Å²) in [4.78, 5) is 0. The number of hydrogen-bond donors (Lipinski definition) is 2. The van der Waals surface area contributed by atoms with Gasteiger partial charge in [0.1, 0.15) is 0 Å². The highest BCUT2D eigenvalue weighted by Crippen LogP contribution is 2.62. The third kappa shape index (κ3) is 1.80. The fraction of sp³-hybridized carbons (Fsp3) is 1.00. The number of nitrogens with two attached hydrogens (primary N) is 1. The molecule has 0 heterocycles. The maximum Gasteiger partial charge on any atom is 0.0270 e. The van der Waals surface area contributed by atoms with Crippen molar-refractivity contribution in [2.24, 2.45) is 29.0 Å². The van der Waals surface area contributed by atoms with Crippen molar-refractivity contribution in [1.29, 1.82) is 0 Å². The largest absolute Gasteiger partial charge is 0.271 e. The maximum atomic E-state index is 5.69. The van der Waals surface area contributed by atoms with E-state index in [1.165, 1.54) is 44.9 Å². The summed E-state index contributed by atoms with van der Waals surface area (Å²) in [6.07, 6.45) is 10.4. The molecule has 0 amide bonds. The second kappa shape index (κ2) is 3.46. The van der Waals surface area contributed by atoms with Crippen molar-refractivity contribution in [2.45, 2.75) is 64.3 Å². The molecule has 2 heteroatoms. The molecule has 4 aliphatic rings. The molecule has 92 valence electrons. The van der Waals surface area contributed by atoms with E-state index < -0.39 is 0 Å². The minimum atomic E-state index is 0.117. The molecule has 0 aromatic rings. The van der Waals surface area contributed by atoms with Gasteiger partial charge in [-0.15, -0.1) is 0 Å². The average Bonchev–Trinajstić information content (AvgIpc) is 2.13. The first-order valence-electron chi connectivity index (χ1n) is 6.98. The van der Waals surface area contributed by atoms with Crippen LogP contribution in [0.4, 0.5) is 0 Å². The molecule has 0 radical (unpaired) electrons. The van der Waals surface area contributed by atoms with Gasteiger partial charge in [0.25, 0.3) is 0 Å². The first-order valence-corrected chi connectivity index (χ1v) is 6.98. The van der Waals surface area contributed by atoms with Crippen LogP contribution in [0, 0.1) is 23.2 Å². The van der Waals surface area contributed by atoms with E-state index in [1.54, 1.807) is 0 Å². The summed E-state index contributed by atoms with van der Waals surface area (Å²) in [5.41, 5.74) is 3.78. The monoisotopic (exact) mass is 222 g/mol. The number of rotatable bonds is 3. The number of nitrogens with one attached hydrogen (secondary N) is 1. The predicted octanol–water partition coefficient (Wildman–Crippen LogP) is 2.83. The van der Waals surface area contributed by atoms with Crippen molar-refractivity contribution in [3.05, 3.63) is 0 Å². The third-order valence-electron chi connectivity index (χ3n) is 5.37. The van der Waals surface area contributed by atoms with E-state index >= 15 is 0 Å². The first kappa shape index (κ1) is 11.0. The van der Waals surface area contributed by atoms with Crippen LogP contribution in [0.2, 0.25) is 0 Å². The van der Waals surface area contributed by atoms with E-state index in [1.807, 2.05) is 0 Å². The highest BCUT2D eigenvalue weighted by molar-refractivity contribution is 5.03. The lowest BCUT2D eigenvalue weighted by atomic mass is 9.48. The highest BCUT2D eigenvalue weighted by atomic mass is 15.3. The van der Waals surface area contributed by atoms with Gasteiger partial charge in [-0.05, 0) is 82.0 Å².